The molecule has 1 N–H and O–H groups in total. The molecule has 1 aromatic heterocycles. The van der Waals surface area contributed by atoms with Gasteiger partial charge in [-0.25, -0.2) is 4.98 Å². The topological polar surface area (TPSA) is 48.5 Å². The summed E-state index contributed by atoms with van der Waals surface area (Å²) in [5, 5.41) is 3.25. The fraction of sp³-hybridized carbons (Fsp3) is 0.600. The van der Waals surface area contributed by atoms with Crippen molar-refractivity contribution in [1.82, 2.24) is 15.2 Å². The molecule has 1 aliphatic heterocycles. The number of piperazine rings is 1. The van der Waals surface area contributed by atoms with E-state index >= 15 is 0 Å². The number of pyridine rings is 1. The lowest BCUT2D eigenvalue weighted by molar-refractivity contribution is -0.130. The van der Waals surface area contributed by atoms with E-state index < -0.39 is 0 Å². The van der Waals surface area contributed by atoms with Crippen molar-refractivity contribution in [2.75, 3.05) is 37.6 Å². The summed E-state index contributed by atoms with van der Waals surface area (Å²) in [5.74, 6) is 1.14. The first-order chi connectivity index (χ1) is 9.85. The number of aromatic nitrogens is 1. The molecule has 0 saturated carbocycles. The molecular formula is C15H23BrN4O. The summed E-state index contributed by atoms with van der Waals surface area (Å²) in [6.45, 7) is 9.77. The average molecular weight is 355 g/mol. The minimum atomic E-state index is -0.0289. The summed E-state index contributed by atoms with van der Waals surface area (Å²) in [5.41, 5.74) is -0.0289. The third-order valence-electron chi connectivity index (χ3n) is 3.44. The second kappa shape index (κ2) is 6.75. The van der Waals surface area contributed by atoms with E-state index in [1.165, 1.54) is 0 Å². The van der Waals surface area contributed by atoms with E-state index in [9.17, 15) is 4.79 Å². The van der Waals surface area contributed by atoms with Gasteiger partial charge in [-0.1, -0.05) is 0 Å². The lowest BCUT2D eigenvalue weighted by atomic mass is 10.1. The Hall–Kier alpha value is -1.14. The van der Waals surface area contributed by atoms with Gasteiger partial charge in [0.1, 0.15) is 5.82 Å². The zero-order valence-electron chi connectivity index (χ0n) is 12.9. The Bertz CT molecular complexity index is 475. The summed E-state index contributed by atoms with van der Waals surface area (Å²) in [7, 11) is 0. The van der Waals surface area contributed by atoms with Crippen LogP contribution in [0.3, 0.4) is 0 Å². The number of rotatable bonds is 3. The molecule has 0 spiro atoms. The molecule has 5 nitrogen and oxygen atoms in total. The maximum atomic E-state index is 12.2. The molecule has 1 aliphatic rings. The van der Waals surface area contributed by atoms with Crippen LogP contribution in [0.15, 0.2) is 22.8 Å². The number of nitrogens with one attached hydrogen (secondary N) is 1. The van der Waals surface area contributed by atoms with Crippen molar-refractivity contribution in [1.29, 1.82) is 0 Å². The number of amides is 1. The van der Waals surface area contributed by atoms with Crippen LogP contribution < -0.4 is 10.2 Å². The lowest BCUT2D eigenvalue weighted by Gasteiger charge is -2.36. The Morgan fingerprint density at radius 3 is 2.48 bits per heavy atom. The van der Waals surface area contributed by atoms with Gasteiger partial charge >= 0.3 is 0 Å². The van der Waals surface area contributed by atoms with Crippen LogP contribution in [0, 0.1) is 0 Å². The van der Waals surface area contributed by atoms with Crippen molar-refractivity contribution in [3.05, 3.63) is 22.8 Å². The number of halogens is 1. The van der Waals surface area contributed by atoms with Gasteiger partial charge in [0.2, 0.25) is 5.91 Å². The number of carbonyl (C=O) groups excluding carboxylic acids is 1. The molecule has 1 aromatic rings. The van der Waals surface area contributed by atoms with Gasteiger partial charge in [0.05, 0.1) is 6.54 Å². The van der Waals surface area contributed by atoms with Gasteiger partial charge in [-0.2, -0.15) is 0 Å². The lowest BCUT2D eigenvalue weighted by Crippen LogP contribution is -2.52. The monoisotopic (exact) mass is 354 g/mol. The molecule has 0 bridgehead atoms. The van der Waals surface area contributed by atoms with Crippen LogP contribution >= 0.6 is 15.9 Å². The second-order valence-corrected chi connectivity index (χ2v) is 7.22. The van der Waals surface area contributed by atoms with E-state index in [2.05, 4.69) is 51.9 Å². The maximum Gasteiger partial charge on any atom is 0.236 e. The summed E-state index contributed by atoms with van der Waals surface area (Å²) >= 11 is 3.39. The highest BCUT2D eigenvalue weighted by Gasteiger charge is 2.22. The normalized spacial score (nSPS) is 16.2. The summed E-state index contributed by atoms with van der Waals surface area (Å²) in [4.78, 5) is 20.7. The molecular weight excluding hydrogens is 332 g/mol. The third-order valence-corrected chi connectivity index (χ3v) is 3.91. The van der Waals surface area contributed by atoms with Gasteiger partial charge in [-0.3, -0.25) is 4.79 Å². The second-order valence-electron chi connectivity index (χ2n) is 6.31. The van der Waals surface area contributed by atoms with E-state index in [0.29, 0.717) is 6.54 Å². The van der Waals surface area contributed by atoms with Gasteiger partial charge in [0.15, 0.2) is 0 Å². The molecule has 116 valence electrons. The molecule has 0 atom stereocenters. The minimum absolute atomic E-state index is 0.0289. The molecule has 2 heterocycles. The highest BCUT2D eigenvalue weighted by Crippen LogP contribution is 2.16. The molecule has 0 aromatic carbocycles. The molecule has 0 unspecified atom stereocenters. The summed E-state index contributed by atoms with van der Waals surface area (Å²) in [6.07, 6.45) is 1.81. The van der Waals surface area contributed by atoms with Crippen LogP contribution in [0.2, 0.25) is 0 Å². The molecule has 1 saturated heterocycles. The molecule has 1 fully saturated rings. The first kappa shape index (κ1) is 16.2. The van der Waals surface area contributed by atoms with Crippen LogP contribution in [-0.2, 0) is 4.79 Å². The van der Waals surface area contributed by atoms with E-state index in [1.54, 1.807) is 6.20 Å². The van der Waals surface area contributed by atoms with Gasteiger partial charge < -0.3 is 15.1 Å². The summed E-state index contributed by atoms with van der Waals surface area (Å²) in [6, 6.07) is 4.00. The quantitative estimate of drug-likeness (QED) is 0.900. The maximum absolute atomic E-state index is 12.2. The van der Waals surface area contributed by atoms with Gasteiger partial charge in [0.25, 0.3) is 0 Å². The highest BCUT2D eigenvalue weighted by molar-refractivity contribution is 9.10. The Labute approximate surface area is 134 Å². The van der Waals surface area contributed by atoms with Crippen molar-refractivity contribution in [3.8, 4) is 0 Å². The highest BCUT2D eigenvalue weighted by atomic mass is 79.9. The number of nitrogens with zero attached hydrogens (tertiary/aromatic N) is 3. The standard InChI is InChI=1S/C15H23BrN4O/c1-15(2,3)18-11-14(21)20-8-6-19(7-9-20)13-5-4-12(16)10-17-13/h4-5,10,18H,6-9,11H2,1-3H3. The SMILES string of the molecule is CC(C)(C)NCC(=O)N1CCN(c2ccc(Br)cn2)CC1. The van der Waals surface area contributed by atoms with Crippen molar-refractivity contribution < 1.29 is 4.79 Å². The Morgan fingerprint density at radius 1 is 1.29 bits per heavy atom. The first-order valence-electron chi connectivity index (χ1n) is 7.24. The fourth-order valence-corrected chi connectivity index (χ4v) is 2.43. The first-order valence-corrected chi connectivity index (χ1v) is 8.04. The minimum Gasteiger partial charge on any atom is -0.353 e. The van der Waals surface area contributed by atoms with Crippen LogP contribution in [0.5, 0.6) is 0 Å². The fourth-order valence-electron chi connectivity index (χ4n) is 2.19. The Morgan fingerprint density at radius 2 is 1.95 bits per heavy atom. The molecule has 2 rings (SSSR count). The molecule has 6 heteroatoms. The summed E-state index contributed by atoms with van der Waals surface area (Å²) < 4.78 is 0.980. The Kier molecular flexibility index (Phi) is 5.22. The molecule has 0 aliphatic carbocycles. The van der Waals surface area contributed by atoms with E-state index in [-0.39, 0.29) is 11.4 Å². The predicted octanol–water partition coefficient (Wildman–Crippen LogP) is 1.88. The van der Waals surface area contributed by atoms with Crippen LogP contribution in [0.1, 0.15) is 20.8 Å². The van der Waals surface area contributed by atoms with E-state index in [4.69, 9.17) is 0 Å². The van der Waals surface area contributed by atoms with Crippen molar-refractivity contribution in [2.24, 2.45) is 0 Å². The van der Waals surface area contributed by atoms with E-state index in [1.807, 2.05) is 17.0 Å². The van der Waals surface area contributed by atoms with Crippen LogP contribution in [0.4, 0.5) is 5.82 Å². The number of carbonyl (C=O) groups is 1. The van der Waals surface area contributed by atoms with Gasteiger partial charge in [0, 0.05) is 42.4 Å². The molecule has 21 heavy (non-hydrogen) atoms. The number of hydrogen-bond acceptors (Lipinski definition) is 4. The van der Waals surface area contributed by atoms with Crippen LogP contribution in [-0.4, -0.2) is 54.1 Å². The zero-order chi connectivity index (χ0) is 15.5. The Balaban J connectivity index is 1.82. The van der Waals surface area contributed by atoms with Crippen LogP contribution in [0.25, 0.3) is 0 Å². The van der Waals surface area contributed by atoms with Gasteiger partial charge in [-0.15, -0.1) is 0 Å². The number of hydrogen-bond donors (Lipinski definition) is 1. The van der Waals surface area contributed by atoms with Crippen molar-refractivity contribution >= 4 is 27.7 Å². The number of anilines is 1. The molecule has 0 radical (unpaired) electrons. The predicted molar refractivity (Wildman–Crippen MR) is 88.5 cm³/mol. The largest absolute Gasteiger partial charge is 0.353 e. The van der Waals surface area contributed by atoms with E-state index in [0.717, 1.165) is 36.5 Å². The zero-order valence-corrected chi connectivity index (χ0v) is 14.5. The average Bonchev–Trinajstić information content (AvgIpc) is 2.45. The van der Waals surface area contributed by atoms with Crippen molar-refractivity contribution in [2.45, 2.75) is 26.3 Å². The third kappa shape index (κ3) is 4.97. The molecule has 1 amide bonds. The van der Waals surface area contributed by atoms with Gasteiger partial charge in [-0.05, 0) is 48.8 Å². The van der Waals surface area contributed by atoms with Crippen molar-refractivity contribution in [3.63, 3.8) is 0 Å². The smallest absolute Gasteiger partial charge is 0.236 e.